The minimum Gasteiger partial charge on any atom is -0.464 e. The highest BCUT2D eigenvalue weighted by Crippen LogP contribution is 2.22. The van der Waals surface area contributed by atoms with Crippen LogP contribution in [0.4, 0.5) is 0 Å². The van der Waals surface area contributed by atoms with E-state index in [9.17, 15) is 4.79 Å². The molecule has 21 heavy (non-hydrogen) atoms. The van der Waals surface area contributed by atoms with Crippen molar-refractivity contribution in [2.75, 3.05) is 0 Å². The Morgan fingerprint density at radius 1 is 1.33 bits per heavy atom. The van der Waals surface area contributed by atoms with E-state index in [1.165, 1.54) is 11.3 Å². The maximum Gasteiger partial charge on any atom is 0.261 e. The van der Waals surface area contributed by atoms with E-state index < -0.39 is 0 Å². The molecule has 0 radical (unpaired) electrons. The van der Waals surface area contributed by atoms with E-state index >= 15 is 0 Å². The minimum absolute atomic E-state index is 0.143. The van der Waals surface area contributed by atoms with E-state index in [4.69, 9.17) is 16.0 Å². The third kappa shape index (κ3) is 3.32. The van der Waals surface area contributed by atoms with Crippen molar-refractivity contribution in [3.63, 3.8) is 0 Å². The molecule has 0 saturated heterocycles. The molecule has 0 atom stereocenters. The Hall–Kier alpha value is -2.11. The van der Waals surface area contributed by atoms with Crippen LogP contribution in [0.1, 0.15) is 15.2 Å². The van der Waals surface area contributed by atoms with Crippen LogP contribution in [0.15, 0.2) is 53.4 Å². The minimum atomic E-state index is -0.143. The summed E-state index contributed by atoms with van der Waals surface area (Å²) in [7, 11) is 0. The summed E-state index contributed by atoms with van der Waals surface area (Å²) < 4.78 is 5.93. The quantitative estimate of drug-likeness (QED) is 0.791. The summed E-state index contributed by atoms with van der Waals surface area (Å²) in [4.78, 5) is 16.7. The maximum absolute atomic E-state index is 11.9. The molecular weight excluding hydrogens is 308 g/mol. The van der Waals surface area contributed by atoms with Crippen molar-refractivity contribution in [1.82, 2.24) is 10.3 Å². The topological polar surface area (TPSA) is 55.1 Å². The van der Waals surface area contributed by atoms with Crippen molar-refractivity contribution in [1.29, 1.82) is 0 Å². The van der Waals surface area contributed by atoms with Crippen molar-refractivity contribution in [3.05, 3.63) is 63.8 Å². The average molecular weight is 319 g/mol. The molecule has 6 heteroatoms. The Bertz CT molecular complexity index is 753. The van der Waals surface area contributed by atoms with Gasteiger partial charge in [-0.2, -0.15) is 0 Å². The highest BCUT2D eigenvalue weighted by molar-refractivity contribution is 7.17. The van der Waals surface area contributed by atoms with Gasteiger partial charge in [0.25, 0.3) is 5.91 Å². The van der Waals surface area contributed by atoms with Gasteiger partial charge in [-0.1, -0.05) is 11.6 Å². The first-order chi connectivity index (χ1) is 10.2. The van der Waals surface area contributed by atoms with Gasteiger partial charge in [0.1, 0.15) is 5.76 Å². The predicted octanol–water partition coefficient (Wildman–Crippen LogP) is 3.99. The SMILES string of the molecule is O=C(NCc1cncc(-c2ccco2)c1)c1ccc(Cl)s1. The van der Waals surface area contributed by atoms with Crippen molar-refractivity contribution >= 4 is 28.8 Å². The predicted molar refractivity (Wildman–Crippen MR) is 82.4 cm³/mol. The number of nitrogens with one attached hydrogen (secondary N) is 1. The van der Waals surface area contributed by atoms with Gasteiger partial charge in [0, 0.05) is 24.5 Å². The number of hydrogen-bond donors (Lipinski definition) is 1. The molecule has 3 aromatic heterocycles. The van der Waals surface area contributed by atoms with Crippen molar-refractivity contribution in [2.24, 2.45) is 0 Å². The van der Waals surface area contributed by atoms with Gasteiger partial charge < -0.3 is 9.73 Å². The molecule has 3 aromatic rings. The van der Waals surface area contributed by atoms with Crippen molar-refractivity contribution in [3.8, 4) is 11.3 Å². The molecule has 3 rings (SSSR count). The van der Waals surface area contributed by atoms with Crippen LogP contribution in [-0.4, -0.2) is 10.9 Å². The van der Waals surface area contributed by atoms with Gasteiger partial charge in [-0.3, -0.25) is 9.78 Å². The fourth-order valence-corrected chi connectivity index (χ4v) is 2.83. The molecule has 0 spiro atoms. The highest BCUT2D eigenvalue weighted by atomic mass is 35.5. The third-order valence-corrected chi connectivity index (χ3v) is 4.08. The lowest BCUT2D eigenvalue weighted by Gasteiger charge is -2.05. The van der Waals surface area contributed by atoms with Crippen LogP contribution in [0.2, 0.25) is 4.34 Å². The Morgan fingerprint density at radius 2 is 2.24 bits per heavy atom. The summed E-state index contributed by atoms with van der Waals surface area (Å²) in [6, 6.07) is 9.05. The van der Waals surface area contributed by atoms with Gasteiger partial charge in [-0.25, -0.2) is 0 Å². The van der Waals surface area contributed by atoms with Crippen LogP contribution in [0.3, 0.4) is 0 Å². The van der Waals surface area contributed by atoms with E-state index in [0.29, 0.717) is 15.8 Å². The van der Waals surface area contributed by atoms with Crippen LogP contribution < -0.4 is 5.32 Å². The van der Waals surface area contributed by atoms with E-state index in [0.717, 1.165) is 16.9 Å². The molecule has 0 unspecified atom stereocenters. The van der Waals surface area contributed by atoms with Gasteiger partial charge in [-0.15, -0.1) is 11.3 Å². The number of hydrogen-bond acceptors (Lipinski definition) is 4. The Balaban J connectivity index is 1.68. The molecule has 4 nitrogen and oxygen atoms in total. The Labute approximate surface area is 130 Å². The van der Waals surface area contributed by atoms with Gasteiger partial charge in [0.05, 0.1) is 15.5 Å². The number of carbonyl (C=O) groups excluding carboxylic acids is 1. The number of amides is 1. The molecule has 0 fully saturated rings. The summed E-state index contributed by atoms with van der Waals surface area (Å²) in [5.74, 6) is 0.607. The Morgan fingerprint density at radius 3 is 2.95 bits per heavy atom. The fourth-order valence-electron chi connectivity index (χ4n) is 1.87. The molecule has 3 heterocycles. The van der Waals surface area contributed by atoms with E-state index in [1.54, 1.807) is 30.8 Å². The average Bonchev–Trinajstić information content (AvgIpc) is 3.16. The standard InChI is InChI=1S/C15H11ClN2O2S/c16-14-4-3-13(21-14)15(19)18-8-10-6-11(9-17-7-10)12-2-1-5-20-12/h1-7,9H,8H2,(H,18,19). The summed E-state index contributed by atoms with van der Waals surface area (Å²) in [5.41, 5.74) is 1.78. The fraction of sp³-hybridized carbons (Fsp3) is 0.0667. The molecule has 0 saturated carbocycles. The zero-order chi connectivity index (χ0) is 14.7. The maximum atomic E-state index is 11.9. The molecule has 0 aliphatic carbocycles. The molecule has 0 aliphatic rings. The van der Waals surface area contributed by atoms with Crippen molar-refractivity contribution in [2.45, 2.75) is 6.54 Å². The number of thiophene rings is 1. The van der Waals surface area contributed by atoms with E-state index in [-0.39, 0.29) is 5.91 Å². The first-order valence-corrected chi connectivity index (χ1v) is 7.43. The zero-order valence-corrected chi connectivity index (χ0v) is 12.4. The number of furan rings is 1. The number of nitrogens with zero attached hydrogens (tertiary/aromatic N) is 1. The summed E-state index contributed by atoms with van der Waals surface area (Å²) in [5, 5.41) is 2.84. The van der Waals surface area contributed by atoms with E-state index in [2.05, 4.69) is 10.3 Å². The van der Waals surface area contributed by atoms with Crippen molar-refractivity contribution < 1.29 is 9.21 Å². The van der Waals surface area contributed by atoms with Crippen LogP contribution in [0.5, 0.6) is 0 Å². The number of halogens is 1. The highest BCUT2D eigenvalue weighted by Gasteiger charge is 2.09. The Kier molecular flexibility index (Phi) is 4.03. The summed E-state index contributed by atoms with van der Waals surface area (Å²) in [6.07, 6.45) is 5.06. The molecule has 0 aromatic carbocycles. The molecular formula is C15H11ClN2O2S. The first kappa shape index (κ1) is 13.9. The number of aromatic nitrogens is 1. The molecule has 106 valence electrons. The van der Waals surface area contributed by atoms with Gasteiger partial charge in [0.15, 0.2) is 0 Å². The molecule has 0 bridgehead atoms. The van der Waals surface area contributed by atoms with Crippen LogP contribution in [0, 0.1) is 0 Å². The lowest BCUT2D eigenvalue weighted by atomic mass is 10.1. The second-order valence-electron chi connectivity index (χ2n) is 4.35. The number of carbonyl (C=O) groups is 1. The van der Waals surface area contributed by atoms with Crippen LogP contribution >= 0.6 is 22.9 Å². The second-order valence-corrected chi connectivity index (χ2v) is 6.06. The van der Waals surface area contributed by atoms with Crippen LogP contribution in [-0.2, 0) is 6.54 Å². The second kappa shape index (κ2) is 6.11. The normalized spacial score (nSPS) is 10.5. The number of pyridine rings is 1. The summed E-state index contributed by atoms with van der Waals surface area (Å²) in [6.45, 7) is 0.399. The summed E-state index contributed by atoms with van der Waals surface area (Å²) >= 11 is 7.07. The van der Waals surface area contributed by atoms with Gasteiger partial charge >= 0.3 is 0 Å². The van der Waals surface area contributed by atoms with Gasteiger partial charge in [0.2, 0.25) is 0 Å². The largest absolute Gasteiger partial charge is 0.464 e. The lowest BCUT2D eigenvalue weighted by Crippen LogP contribution is -2.21. The first-order valence-electron chi connectivity index (χ1n) is 6.24. The van der Waals surface area contributed by atoms with Gasteiger partial charge in [-0.05, 0) is 35.9 Å². The van der Waals surface area contributed by atoms with Crippen LogP contribution in [0.25, 0.3) is 11.3 Å². The third-order valence-electron chi connectivity index (χ3n) is 2.85. The van der Waals surface area contributed by atoms with E-state index in [1.807, 2.05) is 18.2 Å². The smallest absolute Gasteiger partial charge is 0.261 e. The lowest BCUT2D eigenvalue weighted by molar-refractivity contribution is 0.0955. The zero-order valence-electron chi connectivity index (χ0n) is 10.9. The molecule has 1 N–H and O–H groups in total. The monoisotopic (exact) mass is 318 g/mol. The number of rotatable bonds is 4. The molecule has 1 amide bonds. The molecule has 0 aliphatic heterocycles.